The molecule has 0 saturated heterocycles. The van der Waals surface area contributed by atoms with Crippen LogP contribution in [-0.4, -0.2) is 30.2 Å². The molecule has 0 N–H and O–H groups in total. The first-order valence-corrected chi connectivity index (χ1v) is 8.73. The van der Waals surface area contributed by atoms with Crippen molar-refractivity contribution in [3.63, 3.8) is 0 Å². The van der Waals surface area contributed by atoms with E-state index in [2.05, 4.69) is 29.9 Å². The molecule has 0 aliphatic carbocycles. The standard InChI is InChI=1S/C21H26N2O4/c1-12(2)16-8-13(3)9-17(10-16)27-20-19(14(4)22-15(5)23-20)18(11-25-6)21(24)26-7/h8-12H,1-7H3/b18-11-. The second-order valence-electron chi connectivity index (χ2n) is 6.63. The molecule has 0 radical (unpaired) electrons. The molecule has 2 aromatic rings. The number of benzene rings is 1. The highest BCUT2D eigenvalue weighted by Gasteiger charge is 2.23. The Balaban J connectivity index is 2.61. The van der Waals surface area contributed by atoms with E-state index in [1.54, 1.807) is 13.8 Å². The number of rotatable bonds is 6. The minimum atomic E-state index is -0.552. The van der Waals surface area contributed by atoms with Gasteiger partial charge in [0.1, 0.15) is 17.1 Å². The van der Waals surface area contributed by atoms with Crippen LogP contribution < -0.4 is 4.74 Å². The monoisotopic (exact) mass is 370 g/mol. The van der Waals surface area contributed by atoms with Gasteiger partial charge in [-0.05, 0) is 49.9 Å². The minimum Gasteiger partial charge on any atom is -0.503 e. The van der Waals surface area contributed by atoms with E-state index < -0.39 is 5.97 Å². The molecule has 0 spiro atoms. The van der Waals surface area contributed by atoms with Gasteiger partial charge in [-0.25, -0.2) is 9.78 Å². The molecule has 0 amide bonds. The smallest absolute Gasteiger partial charge is 0.341 e. The summed E-state index contributed by atoms with van der Waals surface area (Å²) in [6.07, 6.45) is 1.31. The van der Waals surface area contributed by atoms with Crippen LogP contribution in [0.15, 0.2) is 24.5 Å². The quantitative estimate of drug-likeness (QED) is 0.424. The van der Waals surface area contributed by atoms with E-state index >= 15 is 0 Å². The Morgan fingerprint density at radius 2 is 1.78 bits per heavy atom. The third-order valence-corrected chi connectivity index (χ3v) is 4.03. The third-order valence-electron chi connectivity index (χ3n) is 4.03. The number of hydrogen-bond donors (Lipinski definition) is 0. The molecule has 1 aromatic heterocycles. The van der Waals surface area contributed by atoms with Crippen LogP contribution in [-0.2, 0) is 14.3 Å². The minimum absolute atomic E-state index is 0.198. The number of carbonyl (C=O) groups is 1. The van der Waals surface area contributed by atoms with Crippen molar-refractivity contribution in [2.75, 3.05) is 14.2 Å². The summed E-state index contributed by atoms with van der Waals surface area (Å²) in [5.41, 5.74) is 3.49. The fourth-order valence-electron chi connectivity index (χ4n) is 2.78. The van der Waals surface area contributed by atoms with Crippen LogP contribution in [0.25, 0.3) is 5.57 Å². The van der Waals surface area contributed by atoms with Gasteiger partial charge < -0.3 is 14.2 Å². The maximum atomic E-state index is 12.3. The Morgan fingerprint density at radius 1 is 1.07 bits per heavy atom. The summed E-state index contributed by atoms with van der Waals surface area (Å²) in [6, 6.07) is 6.03. The molecule has 0 atom stereocenters. The fraction of sp³-hybridized carbons (Fsp3) is 0.381. The van der Waals surface area contributed by atoms with Gasteiger partial charge in [-0.15, -0.1) is 0 Å². The number of methoxy groups -OCH3 is 2. The Labute approximate surface area is 160 Å². The molecule has 2 rings (SSSR count). The van der Waals surface area contributed by atoms with E-state index in [4.69, 9.17) is 14.2 Å². The van der Waals surface area contributed by atoms with Crippen molar-refractivity contribution in [3.8, 4) is 11.6 Å². The molecular weight excluding hydrogens is 344 g/mol. The zero-order valence-corrected chi connectivity index (χ0v) is 16.9. The maximum absolute atomic E-state index is 12.3. The zero-order valence-electron chi connectivity index (χ0n) is 16.9. The third kappa shape index (κ3) is 4.84. The molecule has 1 aromatic carbocycles. The largest absolute Gasteiger partial charge is 0.503 e. The number of aromatic nitrogens is 2. The zero-order chi connectivity index (χ0) is 20.1. The summed E-state index contributed by atoms with van der Waals surface area (Å²) in [7, 11) is 2.77. The number of ether oxygens (including phenoxy) is 3. The number of aryl methyl sites for hydroxylation is 3. The number of hydrogen-bond acceptors (Lipinski definition) is 6. The first-order valence-electron chi connectivity index (χ1n) is 8.73. The summed E-state index contributed by atoms with van der Waals surface area (Å²) >= 11 is 0. The lowest BCUT2D eigenvalue weighted by atomic mass is 10.0. The van der Waals surface area contributed by atoms with Crippen LogP contribution in [0.1, 0.15) is 48.0 Å². The summed E-state index contributed by atoms with van der Waals surface area (Å²) < 4.78 is 16.1. The average molecular weight is 370 g/mol. The summed E-state index contributed by atoms with van der Waals surface area (Å²) in [4.78, 5) is 21.0. The normalized spacial score (nSPS) is 11.5. The van der Waals surface area contributed by atoms with E-state index in [0.717, 1.165) is 11.1 Å². The topological polar surface area (TPSA) is 70.5 Å². The average Bonchev–Trinajstić information content (AvgIpc) is 2.59. The Hall–Kier alpha value is -2.89. The van der Waals surface area contributed by atoms with E-state index in [1.807, 2.05) is 19.1 Å². The Bertz CT molecular complexity index is 873. The Kier molecular flexibility index (Phi) is 6.55. The molecule has 27 heavy (non-hydrogen) atoms. The maximum Gasteiger partial charge on any atom is 0.341 e. The lowest BCUT2D eigenvalue weighted by Crippen LogP contribution is -2.10. The fourth-order valence-corrected chi connectivity index (χ4v) is 2.78. The highest BCUT2D eigenvalue weighted by atomic mass is 16.5. The summed E-state index contributed by atoms with van der Waals surface area (Å²) in [5.74, 6) is 1.29. The summed E-state index contributed by atoms with van der Waals surface area (Å²) in [6.45, 7) is 9.83. The van der Waals surface area contributed by atoms with Crippen LogP contribution in [0.3, 0.4) is 0 Å². The van der Waals surface area contributed by atoms with Crippen molar-refractivity contribution < 1.29 is 19.0 Å². The van der Waals surface area contributed by atoms with Gasteiger partial charge in [0, 0.05) is 0 Å². The highest BCUT2D eigenvalue weighted by Crippen LogP contribution is 2.33. The predicted molar refractivity (Wildman–Crippen MR) is 104 cm³/mol. The van der Waals surface area contributed by atoms with Crippen molar-refractivity contribution in [3.05, 3.63) is 52.7 Å². The molecule has 1 heterocycles. The lowest BCUT2D eigenvalue weighted by Gasteiger charge is -2.16. The summed E-state index contributed by atoms with van der Waals surface area (Å²) in [5, 5.41) is 0. The van der Waals surface area contributed by atoms with Gasteiger partial charge in [0.25, 0.3) is 0 Å². The number of esters is 1. The molecule has 0 unspecified atom stereocenters. The van der Waals surface area contributed by atoms with Crippen molar-refractivity contribution in [1.29, 1.82) is 0 Å². The van der Waals surface area contributed by atoms with Crippen molar-refractivity contribution in [1.82, 2.24) is 9.97 Å². The van der Waals surface area contributed by atoms with Gasteiger partial charge in [0.05, 0.1) is 31.7 Å². The van der Waals surface area contributed by atoms with Gasteiger partial charge in [-0.3, -0.25) is 0 Å². The van der Waals surface area contributed by atoms with Crippen molar-refractivity contribution in [2.45, 2.75) is 40.5 Å². The number of nitrogens with zero attached hydrogens (tertiary/aromatic N) is 2. The second-order valence-corrected chi connectivity index (χ2v) is 6.63. The first kappa shape index (κ1) is 20.4. The molecule has 0 bridgehead atoms. The molecule has 0 aliphatic rings. The van der Waals surface area contributed by atoms with Crippen LogP contribution >= 0.6 is 0 Å². The molecule has 0 aliphatic heterocycles. The predicted octanol–water partition coefficient (Wildman–Crippen LogP) is 4.48. The van der Waals surface area contributed by atoms with Gasteiger partial charge in [0.2, 0.25) is 5.88 Å². The van der Waals surface area contributed by atoms with Crippen molar-refractivity contribution >= 4 is 11.5 Å². The molecule has 6 heteroatoms. The highest BCUT2D eigenvalue weighted by molar-refractivity contribution is 6.17. The lowest BCUT2D eigenvalue weighted by molar-refractivity contribution is -0.133. The van der Waals surface area contributed by atoms with E-state index in [9.17, 15) is 4.79 Å². The van der Waals surface area contributed by atoms with E-state index in [0.29, 0.717) is 28.7 Å². The SMILES string of the molecule is CO/C=C(\C(=O)OC)c1c(C)nc(C)nc1Oc1cc(C)cc(C(C)C)c1. The number of carbonyl (C=O) groups excluding carboxylic acids is 1. The van der Waals surface area contributed by atoms with Crippen LogP contribution in [0.5, 0.6) is 11.6 Å². The van der Waals surface area contributed by atoms with Gasteiger partial charge >= 0.3 is 5.97 Å². The molecular formula is C21H26N2O4. The second kappa shape index (κ2) is 8.66. The molecule has 6 nitrogen and oxygen atoms in total. The van der Waals surface area contributed by atoms with Gasteiger partial charge in [-0.2, -0.15) is 4.98 Å². The van der Waals surface area contributed by atoms with E-state index in [-0.39, 0.29) is 11.5 Å². The Morgan fingerprint density at radius 3 is 2.37 bits per heavy atom. The molecule has 144 valence electrons. The molecule has 0 saturated carbocycles. The van der Waals surface area contributed by atoms with Crippen LogP contribution in [0.4, 0.5) is 0 Å². The van der Waals surface area contributed by atoms with Gasteiger partial charge in [-0.1, -0.05) is 19.9 Å². The van der Waals surface area contributed by atoms with Gasteiger partial charge in [0.15, 0.2) is 0 Å². The van der Waals surface area contributed by atoms with Crippen molar-refractivity contribution in [2.24, 2.45) is 0 Å². The van der Waals surface area contributed by atoms with Crippen LogP contribution in [0, 0.1) is 20.8 Å². The van der Waals surface area contributed by atoms with E-state index in [1.165, 1.54) is 20.5 Å². The van der Waals surface area contributed by atoms with Crippen LogP contribution in [0.2, 0.25) is 0 Å². The molecule has 0 fully saturated rings. The first-order chi connectivity index (χ1) is 12.8.